The van der Waals surface area contributed by atoms with Gasteiger partial charge in [0.15, 0.2) is 0 Å². The molecule has 0 aromatic rings. The largest absolute Gasteiger partial charge is 0.481 e. The maximum Gasteiger partial charge on any atom is 0.303 e. The van der Waals surface area contributed by atoms with Gasteiger partial charge in [-0.25, -0.2) is 0 Å². The molecule has 0 bridgehead atoms. The summed E-state index contributed by atoms with van der Waals surface area (Å²) in [5.41, 5.74) is 0. The summed E-state index contributed by atoms with van der Waals surface area (Å²) < 4.78 is 5.24. The van der Waals surface area contributed by atoms with E-state index in [-0.39, 0.29) is 12.5 Å². The number of aliphatic carboxylic acids is 1. The Bertz CT molecular complexity index is 116. The summed E-state index contributed by atoms with van der Waals surface area (Å²) in [7, 11) is 0. The molecule has 0 aliphatic carbocycles. The lowest BCUT2D eigenvalue weighted by atomic mass is 10.1. The lowest BCUT2D eigenvalue weighted by Gasteiger charge is -2.05. The van der Waals surface area contributed by atoms with Crippen molar-refractivity contribution < 1.29 is 14.6 Å². The highest BCUT2D eigenvalue weighted by molar-refractivity contribution is 5.66. The monoisotopic (exact) mass is 144 g/mol. The number of hydrogen-bond acceptors (Lipinski definition) is 2. The minimum atomic E-state index is -0.726. The molecule has 0 saturated carbocycles. The van der Waals surface area contributed by atoms with Crippen molar-refractivity contribution in [2.24, 2.45) is 0 Å². The fourth-order valence-electron chi connectivity index (χ4n) is 1.16. The summed E-state index contributed by atoms with van der Waals surface area (Å²) in [5.74, 6) is -0.726. The van der Waals surface area contributed by atoms with Crippen molar-refractivity contribution in [1.82, 2.24) is 0 Å². The summed E-state index contributed by atoms with van der Waals surface area (Å²) in [4.78, 5) is 10.1. The van der Waals surface area contributed by atoms with Crippen molar-refractivity contribution in [1.29, 1.82) is 0 Å². The zero-order valence-corrected chi connectivity index (χ0v) is 5.88. The molecule has 1 atom stereocenters. The van der Waals surface area contributed by atoms with Crippen LogP contribution in [0.3, 0.4) is 0 Å². The topological polar surface area (TPSA) is 46.5 Å². The van der Waals surface area contributed by atoms with E-state index in [1.807, 2.05) is 0 Å². The molecule has 1 N–H and O–H groups in total. The van der Waals surface area contributed by atoms with Crippen LogP contribution in [0.2, 0.25) is 0 Å². The van der Waals surface area contributed by atoms with Gasteiger partial charge in [0.05, 0.1) is 6.10 Å². The van der Waals surface area contributed by atoms with E-state index in [4.69, 9.17) is 9.84 Å². The summed E-state index contributed by atoms with van der Waals surface area (Å²) >= 11 is 0. The van der Waals surface area contributed by atoms with Gasteiger partial charge in [-0.1, -0.05) is 0 Å². The van der Waals surface area contributed by atoms with Gasteiger partial charge in [-0.2, -0.15) is 0 Å². The molecule has 10 heavy (non-hydrogen) atoms. The smallest absolute Gasteiger partial charge is 0.303 e. The van der Waals surface area contributed by atoms with Gasteiger partial charge in [-0.3, -0.25) is 4.79 Å². The Morgan fingerprint density at radius 3 is 3.00 bits per heavy atom. The first-order valence-electron chi connectivity index (χ1n) is 3.62. The Balaban J connectivity index is 2.07. The third-order valence-electron chi connectivity index (χ3n) is 1.70. The Morgan fingerprint density at radius 1 is 1.70 bits per heavy atom. The van der Waals surface area contributed by atoms with Crippen LogP contribution in [0.1, 0.15) is 25.7 Å². The number of hydrogen-bond donors (Lipinski definition) is 1. The van der Waals surface area contributed by atoms with Crippen molar-refractivity contribution in [3.05, 3.63) is 0 Å². The zero-order valence-electron chi connectivity index (χ0n) is 5.88. The molecule has 58 valence electrons. The van der Waals surface area contributed by atoms with Crippen molar-refractivity contribution in [2.75, 3.05) is 6.61 Å². The summed E-state index contributed by atoms with van der Waals surface area (Å²) in [6.07, 6.45) is 3.26. The number of rotatable bonds is 3. The van der Waals surface area contributed by atoms with Gasteiger partial charge in [0.1, 0.15) is 0 Å². The molecule has 0 amide bonds. The van der Waals surface area contributed by atoms with E-state index < -0.39 is 5.97 Å². The lowest BCUT2D eigenvalue weighted by molar-refractivity contribution is -0.137. The Hall–Kier alpha value is -0.570. The fourth-order valence-corrected chi connectivity index (χ4v) is 1.16. The molecule has 3 nitrogen and oxygen atoms in total. The fraction of sp³-hybridized carbons (Fsp3) is 0.857. The van der Waals surface area contributed by atoms with E-state index in [1.165, 1.54) is 0 Å². The van der Waals surface area contributed by atoms with Gasteiger partial charge in [-0.05, 0) is 19.3 Å². The Kier molecular flexibility index (Phi) is 2.68. The van der Waals surface area contributed by atoms with E-state index in [2.05, 4.69) is 0 Å². The van der Waals surface area contributed by atoms with Crippen LogP contribution in [0.5, 0.6) is 0 Å². The van der Waals surface area contributed by atoms with E-state index in [0.717, 1.165) is 19.4 Å². The van der Waals surface area contributed by atoms with Crippen molar-refractivity contribution in [3.63, 3.8) is 0 Å². The number of ether oxygens (including phenoxy) is 1. The standard InChI is InChI=1S/C7H12O3/c8-7(9)4-3-6-2-1-5-10-6/h6H,1-5H2,(H,8,9)/t6-/m0/s1. The highest BCUT2D eigenvalue weighted by Crippen LogP contribution is 2.16. The molecule has 1 saturated heterocycles. The minimum Gasteiger partial charge on any atom is -0.481 e. The van der Waals surface area contributed by atoms with Crippen LogP contribution in [0, 0.1) is 0 Å². The molecule has 0 aromatic heterocycles. The molecule has 3 heteroatoms. The molecule has 0 spiro atoms. The molecule has 0 unspecified atom stereocenters. The third kappa shape index (κ3) is 2.35. The van der Waals surface area contributed by atoms with Gasteiger partial charge in [-0.15, -0.1) is 0 Å². The quantitative estimate of drug-likeness (QED) is 0.643. The molecule has 0 aromatic carbocycles. The predicted molar refractivity (Wildman–Crippen MR) is 35.8 cm³/mol. The summed E-state index contributed by atoms with van der Waals surface area (Å²) in [6, 6.07) is 0. The highest BCUT2D eigenvalue weighted by atomic mass is 16.5. The van der Waals surface area contributed by atoms with Crippen molar-refractivity contribution in [2.45, 2.75) is 31.8 Å². The second-order valence-electron chi connectivity index (χ2n) is 2.57. The van der Waals surface area contributed by atoms with Gasteiger partial charge in [0.25, 0.3) is 0 Å². The average Bonchev–Trinajstić information content (AvgIpc) is 2.34. The van der Waals surface area contributed by atoms with Crippen molar-refractivity contribution >= 4 is 5.97 Å². The van der Waals surface area contributed by atoms with Crippen LogP contribution in [-0.4, -0.2) is 23.8 Å². The van der Waals surface area contributed by atoms with Crippen LogP contribution >= 0.6 is 0 Å². The van der Waals surface area contributed by atoms with E-state index >= 15 is 0 Å². The molecule has 1 heterocycles. The lowest BCUT2D eigenvalue weighted by Crippen LogP contribution is -2.07. The predicted octanol–water partition coefficient (Wildman–Crippen LogP) is 1.03. The highest BCUT2D eigenvalue weighted by Gasteiger charge is 2.15. The number of carboxylic acid groups (broad SMARTS) is 1. The molecule has 1 rings (SSSR count). The van der Waals surface area contributed by atoms with Gasteiger partial charge in [0.2, 0.25) is 0 Å². The van der Waals surface area contributed by atoms with Crippen LogP contribution in [0.25, 0.3) is 0 Å². The van der Waals surface area contributed by atoms with Crippen LogP contribution in [-0.2, 0) is 9.53 Å². The third-order valence-corrected chi connectivity index (χ3v) is 1.70. The van der Waals surface area contributed by atoms with Crippen LogP contribution in [0.4, 0.5) is 0 Å². The number of carboxylic acids is 1. The molecular weight excluding hydrogens is 132 g/mol. The first kappa shape index (κ1) is 7.54. The average molecular weight is 144 g/mol. The van der Waals surface area contributed by atoms with E-state index in [1.54, 1.807) is 0 Å². The summed E-state index contributed by atoms with van der Waals surface area (Å²) in [6.45, 7) is 0.810. The second-order valence-corrected chi connectivity index (χ2v) is 2.57. The van der Waals surface area contributed by atoms with Crippen LogP contribution in [0.15, 0.2) is 0 Å². The molecule has 1 aliphatic rings. The first-order valence-corrected chi connectivity index (χ1v) is 3.62. The van der Waals surface area contributed by atoms with Gasteiger partial charge >= 0.3 is 5.97 Å². The normalized spacial score (nSPS) is 25.0. The number of carbonyl (C=O) groups is 1. The van der Waals surface area contributed by atoms with E-state index in [0.29, 0.717) is 6.42 Å². The van der Waals surface area contributed by atoms with E-state index in [9.17, 15) is 4.79 Å². The Labute approximate surface area is 60.0 Å². The maximum atomic E-state index is 10.1. The first-order chi connectivity index (χ1) is 4.79. The second kappa shape index (κ2) is 3.56. The van der Waals surface area contributed by atoms with Gasteiger partial charge in [0, 0.05) is 13.0 Å². The molecule has 0 radical (unpaired) electrons. The van der Waals surface area contributed by atoms with Crippen LogP contribution < -0.4 is 0 Å². The Morgan fingerprint density at radius 2 is 2.50 bits per heavy atom. The maximum absolute atomic E-state index is 10.1. The molecule has 1 fully saturated rings. The molecular formula is C7H12O3. The van der Waals surface area contributed by atoms with Crippen molar-refractivity contribution in [3.8, 4) is 0 Å². The zero-order chi connectivity index (χ0) is 7.40. The summed E-state index contributed by atoms with van der Waals surface area (Å²) in [5, 5.41) is 8.32. The minimum absolute atomic E-state index is 0.219. The molecule has 1 aliphatic heterocycles. The van der Waals surface area contributed by atoms with Gasteiger partial charge < -0.3 is 9.84 Å². The SMILES string of the molecule is O=C(O)CC[C@@H]1CCCO1.